The number of hydrogen-bond donors (Lipinski definition) is 1. The monoisotopic (exact) mass is 491 g/mol. The maximum absolute atomic E-state index is 12.2. The Bertz CT molecular complexity index is 1180. The lowest BCUT2D eigenvalue weighted by molar-refractivity contribution is 0.0349. The van der Waals surface area contributed by atoms with Crippen molar-refractivity contribution in [3.8, 4) is 5.69 Å². The highest BCUT2D eigenvalue weighted by Crippen LogP contribution is 2.39. The first-order valence-electron chi connectivity index (χ1n) is 11.8. The number of carbonyl (C=O) groups excluding carboxylic acids is 1. The third-order valence-electron chi connectivity index (χ3n) is 6.59. The van der Waals surface area contributed by atoms with Crippen LogP contribution in [-0.2, 0) is 9.47 Å². The van der Waals surface area contributed by atoms with Gasteiger partial charge in [-0.3, -0.25) is 9.88 Å². The van der Waals surface area contributed by atoms with Crippen molar-refractivity contribution < 1.29 is 14.3 Å². The molecule has 2 saturated heterocycles. The summed E-state index contributed by atoms with van der Waals surface area (Å²) in [6.45, 7) is 5.07. The summed E-state index contributed by atoms with van der Waals surface area (Å²) in [5.41, 5.74) is 3.40. The first-order valence-corrected chi connectivity index (χ1v) is 12.2. The minimum atomic E-state index is -0.359. The number of hydrogen-bond acceptors (Lipinski definition) is 6. The molecule has 2 fully saturated rings. The van der Waals surface area contributed by atoms with Gasteiger partial charge < -0.3 is 24.3 Å². The Kier molecular flexibility index (Phi) is 7.08. The quantitative estimate of drug-likeness (QED) is 0.400. The molecule has 0 aliphatic carbocycles. The molecule has 0 spiro atoms. The van der Waals surface area contributed by atoms with Crippen LogP contribution >= 0.6 is 12.2 Å². The molecule has 2 aliphatic rings. The molecule has 2 atom stereocenters. The fraction of sp³-hybridized carbons (Fsp3) is 0.346. The lowest BCUT2D eigenvalue weighted by Gasteiger charge is -2.32. The van der Waals surface area contributed by atoms with Crippen LogP contribution in [0.3, 0.4) is 0 Å². The third kappa shape index (κ3) is 4.93. The highest BCUT2D eigenvalue weighted by atomic mass is 32.1. The molecule has 3 aromatic rings. The molecule has 9 heteroatoms. The van der Waals surface area contributed by atoms with E-state index in [1.807, 2.05) is 54.9 Å². The standard InChI is InChI=1S/C26H29N5O3S/c1-33-25(32)19-6-4-7-20(18-19)30-11-5-9-22(30)24-23(21-8-2-3-10-27-21)28-26(35)31(24)13-12-29-14-16-34-17-15-29/h2-11,18,23-24H,12-17H2,1H3,(H,28,35)/t23-,24-/m1/s1. The van der Waals surface area contributed by atoms with Crippen molar-refractivity contribution in [1.29, 1.82) is 0 Å². The van der Waals surface area contributed by atoms with Gasteiger partial charge in [-0.2, -0.15) is 0 Å². The molecule has 5 rings (SSSR count). The van der Waals surface area contributed by atoms with Gasteiger partial charge in [0.1, 0.15) is 0 Å². The molecule has 182 valence electrons. The predicted molar refractivity (Wildman–Crippen MR) is 137 cm³/mol. The van der Waals surface area contributed by atoms with Gasteiger partial charge in [-0.1, -0.05) is 12.1 Å². The van der Waals surface area contributed by atoms with Gasteiger partial charge in [0.25, 0.3) is 0 Å². The lowest BCUT2D eigenvalue weighted by atomic mass is 10.0. The molecule has 35 heavy (non-hydrogen) atoms. The number of esters is 1. The molecule has 4 heterocycles. The number of thiocarbonyl (C=S) groups is 1. The summed E-state index contributed by atoms with van der Waals surface area (Å²) in [6, 6.07) is 17.4. The minimum absolute atomic E-state index is 0.0739. The van der Waals surface area contributed by atoms with Crippen LogP contribution < -0.4 is 5.32 Å². The van der Waals surface area contributed by atoms with Crippen molar-refractivity contribution in [2.75, 3.05) is 46.5 Å². The number of methoxy groups -OCH3 is 1. The Morgan fingerprint density at radius 3 is 2.77 bits per heavy atom. The van der Waals surface area contributed by atoms with Crippen LogP contribution in [0.25, 0.3) is 5.69 Å². The maximum Gasteiger partial charge on any atom is 0.337 e. The molecule has 0 amide bonds. The molecular weight excluding hydrogens is 462 g/mol. The first-order chi connectivity index (χ1) is 17.2. The van der Waals surface area contributed by atoms with Gasteiger partial charge in [0.05, 0.1) is 43.7 Å². The average molecular weight is 492 g/mol. The van der Waals surface area contributed by atoms with Crippen LogP contribution in [0, 0.1) is 0 Å². The number of aromatic nitrogens is 2. The summed E-state index contributed by atoms with van der Waals surface area (Å²) in [5.74, 6) is -0.359. The fourth-order valence-electron chi connectivity index (χ4n) is 4.81. The molecule has 2 aliphatic heterocycles. The highest BCUT2D eigenvalue weighted by molar-refractivity contribution is 7.80. The van der Waals surface area contributed by atoms with Crippen LogP contribution in [0.2, 0.25) is 0 Å². The summed E-state index contributed by atoms with van der Waals surface area (Å²) >= 11 is 5.84. The normalized spacial score (nSPS) is 20.6. The molecule has 1 aromatic carbocycles. The third-order valence-corrected chi connectivity index (χ3v) is 6.94. The van der Waals surface area contributed by atoms with Gasteiger partial charge in [-0.25, -0.2) is 4.79 Å². The molecule has 2 aromatic heterocycles. The van der Waals surface area contributed by atoms with E-state index in [4.69, 9.17) is 21.7 Å². The topological polar surface area (TPSA) is 71.9 Å². The zero-order valence-corrected chi connectivity index (χ0v) is 20.5. The zero-order chi connectivity index (χ0) is 24.2. The fourth-order valence-corrected chi connectivity index (χ4v) is 5.14. The Morgan fingerprint density at radius 2 is 2.00 bits per heavy atom. The van der Waals surface area contributed by atoms with Crippen LogP contribution in [-0.4, -0.2) is 76.9 Å². The number of benzene rings is 1. The number of nitrogens with zero attached hydrogens (tertiary/aromatic N) is 4. The Morgan fingerprint density at radius 1 is 1.14 bits per heavy atom. The van der Waals surface area contributed by atoms with Crippen molar-refractivity contribution in [3.05, 3.63) is 83.9 Å². The van der Waals surface area contributed by atoms with Gasteiger partial charge in [-0.15, -0.1) is 0 Å². The van der Waals surface area contributed by atoms with Gasteiger partial charge >= 0.3 is 5.97 Å². The van der Waals surface area contributed by atoms with Crippen LogP contribution in [0.4, 0.5) is 0 Å². The second kappa shape index (κ2) is 10.6. The average Bonchev–Trinajstić information content (AvgIpc) is 3.52. The number of morpholine rings is 1. The SMILES string of the molecule is COC(=O)c1cccc(-n2cccc2[C@@H]2[C@@H](c3ccccn3)NC(=S)N2CCN2CCOCC2)c1. The van der Waals surface area contributed by atoms with E-state index in [9.17, 15) is 4.79 Å². The van der Waals surface area contributed by atoms with Crippen molar-refractivity contribution in [3.63, 3.8) is 0 Å². The maximum atomic E-state index is 12.2. The van der Waals surface area contributed by atoms with Crippen molar-refractivity contribution in [1.82, 2.24) is 24.7 Å². The second-order valence-corrected chi connectivity index (χ2v) is 9.01. The molecule has 8 nitrogen and oxygen atoms in total. The summed E-state index contributed by atoms with van der Waals surface area (Å²) in [7, 11) is 1.39. The van der Waals surface area contributed by atoms with E-state index in [0.717, 1.165) is 61.6 Å². The molecule has 0 unspecified atom stereocenters. The van der Waals surface area contributed by atoms with Crippen LogP contribution in [0.15, 0.2) is 67.0 Å². The summed E-state index contributed by atoms with van der Waals surface area (Å²) in [6.07, 6.45) is 3.83. The predicted octanol–water partition coefficient (Wildman–Crippen LogP) is 2.96. The molecule has 1 N–H and O–H groups in total. The van der Waals surface area contributed by atoms with E-state index in [1.54, 1.807) is 6.07 Å². The Hall–Kier alpha value is -3.27. The summed E-state index contributed by atoms with van der Waals surface area (Å²) in [4.78, 5) is 21.5. The highest BCUT2D eigenvalue weighted by Gasteiger charge is 2.41. The van der Waals surface area contributed by atoms with E-state index in [2.05, 4.69) is 30.7 Å². The summed E-state index contributed by atoms with van der Waals surface area (Å²) in [5, 5.41) is 4.25. The number of nitrogens with one attached hydrogen (secondary N) is 1. The zero-order valence-electron chi connectivity index (χ0n) is 19.7. The van der Waals surface area contributed by atoms with Crippen molar-refractivity contribution >= 4 is 23.3 Å². The minimum Gasteiger partial charge on any atom is -0.465 e. The van der Waals surface area contributed by atoms with Gasteiger partial charge in [0.15, 0.2) is 5.11 Å². The lowest BCUT2D eigenvalue weighted by Crippen LogP contribution is -2.42. The largest absolute Gasteiger partial charge is 0.465 e. The smallest absolute Gasteiger partial charge is 0.337 e. The number of ether oxygens (including phenoxy) is 2. The second-order valence-electron chi connectivity index (χ2n) is 8.62. The summed E-state index contributed by atoms with van der Waals surface area (Å²) < 4.78 is 12.6. The van der Waals surface area contributed by atoms with Crippen LogP contribution in [0.5, 0.6) is 0 Å². The van der Waals surface area contributed by atoms with E-state index in [0.29, 0.717) is 5.56 Å². The van der Waals surface area contributed by atoms with Gasteiger partial charge in [0, 0.05) is 50.0 Å². The Balaban J connectivity index is 1.50. The molecular formula is C26H29N5O3S. The van der Waals surface area contributed by atoms with E-state index in [1.165, 1.54) is 7.11 Å². The van der Waals surface area contributed by atoms with E-state index in [-0.39, 0.29) is 18.1 Å². The first kappa shape index (κ1) is 23.5. The molecule has 0 bridgehead atoms. The number of pyridine rings is 1. The van der Waals surface area contributed by atoms with Gasteiger partial charge in [0.2, 0.25) is 0 Å². The molecule has 0 radical (unpaired) electrons. The Labute approximate surface area is 210 Å². The van der Waals surface area contributed by atoms with E-state index < -0.39 is 0 Å². The number of carbonyl (C=O) groups is 1. The van der Waals surface area contributed by atoms with Gasteiger partial charge in [-0.05, 0) is 54.7 Å². The molecule has 0 saturated carbocycles. The number of rotatable bonds is 7. The van der Waals surface area contributed by atoms with E-state index >= 15 is 0 Å². The van der Waals surface area contributed by atoms with Crippen molar-refractivity contribution in [2.24, 2.45) is 0 Å². The van der Waals surface area contributed by atoms with Crippen LogP contribution in [0.1, 0.15) is 33.8 Å². The van der Waals surface area contributed by atoms with Crippen molar-refractivity contribution in [2.45, 2.75) is 12.1 Å².